The highest BCUT2D eigenvalue weighted by atomic mass is 32.2. The van der Waals surface area contributed by atoms with Crippen LogP contribution in [0.15, 0.2) is 40.5 Å². The van der Waals surface area contributed by atoms with Crippen LogP contribution in [0.2, 0.25) is 0 Å². The molecule has 0 aromatic carbocycles. The number of rotatable bonds is 9. The highest BCUT2D eigenvalue weighted by molar-refractivity contribution is 7.91. The van der Waals surface area contributed by atoms with Crippen LogP contribution in [0.3, 0.4) is 0 Å². The summed E-state index contributed by atoms with van der Waals surface area (Å²) in [7, 11) is -1.84. The molecule has 14 heteroatoms. The number of methoxy groups -OCH3 is 1. The molecule has 0 radical (unpaired) electrons. The van der Waals surface area contributed by atoms with Crippen molar-refractivity contribution >= 4 is 26.8 Å². The van der Waals surface area contributed by atoms with Gasteiger partial charge in [-0.25, -0.2) is 33.3 Å². The summed E-state index contributed by atoms with van der Waals surface area (Å²) in [6.07, 6.45) is 8.47. The van der Waals surface area contributed by atoms with Crippen molar-refractivity contribution in [3.63, 3.8) is 0 Å². The van der Waals surface area contributed by atoms with Crippen LogP contribution in [-0.2, 0) is 16.4 Å². The van der Waals surface area contributed by atoms with Gasteiger partial charge < -0.3 is 10.1 Å². The molecule has 0 spiro atoms. The fourth-order valence-electron chi connectivity index (χ4n) is 5.40. The summed E-state index contributed by atoms with van der Waals surface area (Å²) in [6, 6.07) is 5.07. The van der Waals surface area contributed by atoms with Gasteiger partial charge in [-0.15, -0.1) is 0 Å². The first-order valence-corrected chi connectivity index (χ1v) is 15.5. The van der Waals surface area contributed by atoms with Crippen molar-refractivity contribution in [1.29, 1.82) is 5.26 Å². The Balaban J connectivity index is 1.43. The fourth-order valence-corrected chi connectivity index (χ4v) is 6.22. The zero-order valence-electron chi connectivity index (χ0n) is 23.2. The van der Waals surface area contributed by atoms with E-state index in [4.69, 9.17) is 9.72 Å². The van der Waals surface area contributed by atoms with Gasteiger partial charge in [-0.2, -0.15) is 5.26 Å². The van der Waals surface area contributed by atoms with Crippen molar-refractivity contribution < 1.29 is 13.2 Å². The van der Waals surface area contributed by atoms with E-state index in [0.717, 1.165) is 25.0 Å². The first-order chi connectivity index (χ1) is 20.3. The quantitative estimate of drug-likeness (QED) is 0.303. The first-order valence-electron chi connectivity index (χ1n) is 13.8. The Morgan fingerprint density at radius 2 is 1.93 bits per heavy atom. The van der Waals surface area contributed by atoms with Gasteiger partial charge in [0.2, 0.25) is 5.88 Å². The van der Waals surface area contributed by atoms with E-state index in [1.165, 1.54) is 25.7 Å². The maximum atomic E-state index is 14.0. The zero-order valence-corrected chi connectivity index (χ0v) is 24.0. The van der Waals surface area contributed by atoms with E-state index < -0.39 is 15.4 Å². The molecule has 2 aliphatic carbocycles. The molecule has 6 rings (SSSR count). The Labute approximate surface area is 242 Å². The lowest BCUT2D eigenvalue weighted by atomic mass is 10.1. The van der Waals surface area contributed by atoms with E-state index in [1.54, 1.807) is 23.8 Å². The van der Waals surface area contributed by atoms with Crippen LogP contribution in [0.4, 0.5) is 5.82 Å². The van der Waals surface area contributed by atoms with Gasteiger partial charge in [0.05, 0.1) is 59.9 Å². The number of ether oxygens (including phenoxy) is 1. The van der Waals surface area contributed by atoms with Gasteiger partial charge in [0.1, 0.15) is 17.4 Å². The standard InChI is InChI=1S/C28H29N9O4S/c1-3-42(39,40)19-10-9-18(30-13-19)12-31-25-28(38)37(21-6-4-5-17(21)11-29)26-20(35-25)14-32-24(36-26)22-23(16-7-8-16)33-15-34-27(22)41-2/h9-10,13-17,21H,3-8,12H2,1-2H3,(H,31,35)/t17-,21-/m0/s1. The van der Waals surface area contributed by atoms with Crippen LogP contribution in [0.25, 0.3) is 22.6 Å². The third kappa shape index (κ3) is 5.04. The minimum atomic E-state index is -3.37. The van der Waals surface area contributed by atoms with E-state index in [2.05, 4.69) is 36.3 Å². The van der Waals surface area contributed by atoms with Crippen molar-refractivity contribution in [2.45, 2.75) is 62.4 Å². The average molecular weight is 588 g/mol. The number of aromatic nitrogens is 7. The summed E-state index contributed by atoms with van der Waals surface area (Å²) in [6.45, 7) is 1.71. The van der Waals surface area contributed by atoms with Crippen molar-refractivity contribution in [2.75, 3.05) is 18.2 Å². The van der Waals surface area contributed by atoms with Gasteiger partial charge in [0, 0.05) is 12.1 Å². The average Bonchev–Trinajstić information content (AvgIpc) is 3.76. The number of sulfone groups is 1. The highest BCUT2D eigenvalue weighted by Crippen LogP contribution is 2.45. The number of hydrogen-bond donors (Lipinski definition) is 1. The number of nitriles is 1. The van der Waals surface area contributed by atoms with Crippen molar-refractivity contribution in [3.05, 3.63) is 52.6 Å². The molecule has 4 aromatic heterocycles. The second-order valence-electron chi connectivity index (χ2n) is 10.4. The van der Waals surface area contributed by atoms with E-state index in [0.29, 0.717) is 47.0 Å². The summed E-state index contributed by atoms with van der Waals surface area (Å²) in [5, 5.41) is 12.9. The third-order valence-electron chi connectivity index (χ3n) is 7.81. The minimum absolute atomic E-state index is 0.0204. The van der Waals surface area contributed by atoms with Gasteiger partial charge in [-0.1, -0.05) is 6.92 Å². The van der Waals surface area contributed by atoms with Gasteiger partial charge in [-0.05, 0) is 44.2 Å². The molecule has 42 heavy (non-hydrogen) atoms. The number of fused-ring (bicyclic) bond motifs is 1. The smallest absolute Gasteiger partial charge is 0.295 e. The van der Waals surface area contributed by atoms with Crippen LogP contribution in [0.1, 0.15) is 62.4 Å². The summed E-state index contributed by atoms with van der Waals surface area (Å²) >= 11 is 0. The molecule has 2 aliphatic rings. The van der Waals surface area contributed by atoms with Crippen molar-refractivity contribution in [1.82, 2.24) is 34.5 Å². The maximum absolute atomic E-state index is 14.0. The Morgan fingerprint density at radius 1 is 1.10 bits per heavy atom. The maximum Gasteiger partial charge on any atom is 0.295 e. The van der Waals surface area contributed by atoms with Gasteiger partial charge in [0.15, 0.2) is 27.1 Å². The Bertz CT molecular complexity index is 1870. The largest absolute Gasteiger partial charge is 0.480 e. The third-order valence-corrected chi connectivity index (χ3v) is 9.53. The predicted molar refractivity (Wildman–Crippen MR) is 152 cm³/mol. The lowest BCUT2D eigenvalue weighted by molar-refractivity contribution is 0.397. The molecule has 0 saturated heterocycles. The summed E-state index contributed by atoms with van der Waals surface area (Å²) < 4.78 is 31.3. The van der Waals surface area contributed by atoms with Crippen LogP contribution in [-0.4, -0.2) is 55.8 Å². The van der Waals surface area contributed by atoms with Crippen LogP contribution >= 0.6 is 0 Å². The van der Waals surface area contributed by atoms with E-state index >= 15 is 0 Å². The molecule has 0 unspecified atom stereocenters. The summed E-state index contributed by atoms with van der Waals surface area (Å²) in [4.78, 5) is 41.1. The first kappa shape index (κ1) is 27.6. The molecular formula is C28H29N9O4S. The zero-order chi connectivity index (χ0) is 29.4. The van der Waals surface area contributed by atoms with Gasteiger partial charge in [0.25, 0.3) is 5.56 Å². The number of nitrogens with one attached hydrogen (secondary N) is 1. The van der Waals surface area contributed by atoms with E-state index in [9.17, 15) is 18.5 Å². The predicted octanol–water partition coefficient (Wildman–Crippen LogP) is 3.19. The molecule has 2 saturated carbocycles. The number of hydrogen-bond acceptors (Lipinski definition) is 12. The Morgan fingerprint density at radius 3 is 2.62 bits per heavy atom. The van der Waals surface area contributed by atoms with E-state index in [-0.39, 0.29) is 40.9 Å². The van der Waals surface area contributed by atoms with Gasteiger partial charge in [-0.3, -0.25) is 14.3 Å². The number of pyridine rings is 1. The number of anilines is 1. The lowest BCUT2D eigenvalue weighted by Gasteiger charge is -2.20. The van der Waals surface area contributed by atoms with Crippen molar-refractivity contribution in [3.8, 4) is 23.3 Å². The molecule has 13 nitrogen and oxygen atoms in total. The molecule has 4 aromatic rings. The molecule has 216 valence electrons. The topological polar surface area (TPSA) is 179 Å². The molecule has 2 fully saturated rings. The van der Waals surface area contributed by atoms with Gasteiger partial charge >= 0.3 is 0 Å². The molecule has 4 heterocycles. The van der Waals surface area contributed by atoms with Crippen molar-refractivity contribution in [2.24, 2.45) is 5.92 Å². The monoisotopic (exact) mass is 587 g/mol. The molecule has 1 N–H and O–H groups in total. The summed E-state index contributed by atoms with van der Waals surface area (Å²) in [5.41, 5.74) is 2.22. The molecule has 2 atom stereocenters. The Kier molecular flexibility index (Phi) is 7.28. The normalized spacial score (nSPS) is 18.6. The van der Waals surface area contributed by atoms with Crippen LogP contribution in [0.5, 0.6) is 5.88 Å². The molecule has 0 amide bonds. The minimum Gasteiger partial charge on any atom is -0.480 e. The van der Waals surface area contributed by atoms with Crippen LogP contribution < -0.4 is 15.6 Å². The molecular weight excluding hydrogens is 558 g/mol. The molecule has 0 bridgehead atoms. The second kappa shape index (κ2) is 11.1. The highest BCUT2D eigenvalue weighted by Gasteiger charge is 2.34. The van der Waals surface area contributed by atoms with Crippen LogP contribution in [0, 0.1) is 17.2 Å². The fraction of sp³-hybridized carbons (Fsp3) is 0.429. The number of nitrogens with zero attached hydrogens (tertiary/aromatic N) is 8. The molecule has 0 aliphatic heterocycles. The summed E-state index contributed by atoms with van der Waals surface area (Å²) in [5.74, 6) is 0.640. The SMILES string of the molecule is CCS(=O)(=O)c1ccc(CNc2nc3cnc(-c4c(OC)ncnc4C4CC4)nc3n([C@H]3CCC[C@H]3C#N)c2=O)nc1. The Hall–Kier alpha value is -4.51. The lowest BCUT2D eigenvalue weighted by Crippen LogP contribution is -2.31. The van der Waals surface area contributed by atoms with E-state index in [1.807, 2.05) is 0 Å². The second-order valence-corrected chi connectivity index (χ2v) is 12.7.